The number of anilines is 1. The zero-order chi connectivity index (χ0) is 15.7. The molecular formula is C15H10I2N2O2S. The van der Waals surface area contributed by atoms with E-state index < -0.39 is 0 Å². The number of hydrogen-bond acceptors (Lipinski definition) is 4. The van der Waals surface area contributed by atoms with Crippen LogP contribution in [0, 0.1) is 7.14 Å². The van der Waals surface area contributed by atoms with Crippen molar-refractivity contribution in [3.05, 3.63) is 49.1 Å². The van der Waals surface area contributed by atoms with E-state index in [2.05, 4.69) is 55.5 Å². The van der Waals surface area contributed by atoms with Crippen LogP contribution in [0.15, 0.2) is 36.4 Å². The van der Waals surface area contributed by atoms with Crippen LogP contribution in [0.5, 0.6) is 5.75 Å². The van der Waals surface area contributed by atoms with Gasteiger partial charge in [0.15, 0.2) is 5.13 Å². The summed E-state index contributed by atoms with van der Waals surface area (Å²) in [6, 6.07) is 11.4. The predicted octanol–water partition coefficient (Wildman–Crippen LogP) is 4.77. The first kappa shape index (κ1) is 15.9. The molecule has 1 N–H and O–H groups in total. The molecule has 112 valence electrons. The molecule has 0 spiro atoms. The Morgan fingerprint density at radius 3 is 2.82 bits per heavy atom. The number of rotatable bonds is 3. The van der Waals surface area contributed by atoms with Crippen LogP contribution in [0.25, 0.3) is 10.2 Å². The highest BCUT2D eigenvalue weighted by molar-refractivity contribution is 14.1. The fourth-order valence-electron chi connectivity index (χ4n) is 1.92. The van der Waals surface area contributed by atoms with Gasteiger partial charge in [-0.05, 0) is 81.6 Å². The van der Waals surface area contributed by atoms with Crippen molar-refractivity contribution < 1.29 is 9.53 Å². The summed E-state index contributed by atoms with van der Waals surface area (Å²) < 4.78 is 8.12. The predicted molar refractivity (Wildman–Crippen MR) is 106 cm³/mol. The maximum absolute atomic E-state index is 12.4. The van der Waals surface area contributed by atoms with Crippen molar-refractivity contribution in [3.8, 4) is 5.75 Å². The van der Waals surface area contributed by atoms with Crippen molar-refractivity contribution in [1.82, 2.24) is 4.98 Å². The van der Waals surface area contributed by atoms with Crippen molar-refractivity contribution in [2.45, 2.75) is 0 Å². The van der Waals surface area contributed by atoms with Gasteiger partial charge >= 0.3 is 0 Å². The first-order valence-corrected chi connectivity index (χ1v) is 9.25. The third-order valence-electron chi connectivity index (χ3n) is 2.99. The summed E-state index contributed by atoms with van der Waals surface area (Å²) in [5.41, 5.74) is 1.50. The number of nitrogens with one attached hydrogen (secondary N) is 1. The number of carbonyl (C=O) groups excluding carboxylic acids is 1. The molecule has 4 nitrogen and oxygen atoms in total. The number of halogens is 2. The van der Waals surface area contributed by atoms with Gasteiger partial charge in [0.05, 0.1) is 22.9 Å². The number of aromatic nitrogens is 1. The number of carbonyl (C=O) groups is 1. The summed E-state index contributed by atoms with van der Waals surface area (Å²) in [5, 5.41) is 3.46. The van der Waals surface area contributed by atoms with Gasteiger partial charge in [0.25, 0.3) is 5.91 Å². The Kier molecular flexibility index (Phi) is 4.83. The topological polar surface area (TPSA) is 51.2 Å². The van der Waals surface area contributed by atoms with Gasteiger partial charge in [0.1, 0.15) is 5.75 Å². The SMILES string of the molecule is COc1ccc2nc(NC(=O)c3cc(I)ccc3I)sc2c1. The Hall–Kier alpha value is -0.940. The molecule has 0 atom stereocenters. The number of ether oxygens (including phenoxy) is 1. The van der Waals surface area contributed by atoms with E-state index in [4.69, 9.17) is 4.74 Å². The van der Waals surface area contributed by atoms with Crippen LogP contribution < -0.4 is 10.1 Å². The van der Waals surface area contributed by atoms with Crippen LogP contribution in [-0.4, -0.2) is 18.0 Å². The molecule has 0 fully saturated rings. The van der Waals surface area contributed by atoms with E-state index in [1.165, 1.54) is 11.3 Å². The van der Waals surface area contributed by atoms with E-state index in [0.717, 1.165) is 23.1 Å². The summed E-state index contributed by atoms with van der Waals surface area (Å²) in [6.45, 7) is 0. The first-order chi connectivity index (χ1) is 10.6. The van der Waals surface area contributed by atoms with E-state index in [-0.39, 0.29) is 5.91 Å². The minimum absolute atomic E-state index is 0.145. The monoisotopic (exact) mass is 536 g/mol. The zero-order valence-electron chi connectivity index (χ0n) is 11.4. The van der Waals surface area contributed by atoms with Crippen molar-refractivity contribution in [2.24, 2.45) is 0 Å². The molecule has 0 saturated carbocycles. The molecular weight excluding hydrogens is 526 g/mol. The third-order valence-corrected chi connectivity index (χ3v) is 5.53. The Morgan fingerprint density at radius 2 is 2.05 bits per heavy atom. The number of hydrogen-bond donors (Lipinski definition) is 1. The Bertz CT molecular complexity index is 864. The second-order valence-electron chi connectivity index (χ2n) is 4.43. The maximum Gasteiger partial charge on any atom is 0.258 e. The molecule has 0 saturated heterocycles. The summed E-state index contributed by atoms with van der Waals surface area (Å²) in [4.78, 5) is 16.8. The second kappa shape index (κ2) is 6.67. The quantitative estimate of drug-likeness (QED) is 0.492. The summed E-state index contributed by atoms with van der Waals surface area (Å²) in [7, 11) is 1.63. The van der Waals surface area contributed by atoms with Crippen LogP contribution >= 0.6 is 56.5 Å². The van der Waals surface area contributed by atoms with Gasteiger partial charge in [0.2, 0.25) is 0 Å². The number of amides is 1. The lowest BCUT2D eigenvalue weighted by atomic mass is 10.2. The van der Waals surface area contributed by atoms with E-state index in [1.54, 1.807) is 7.11 Å². The molecule has 3 rings (SSSR count). The van der Waals surface area contributed by atoms with Crippen LogP contribution in [0.2, 0.25) is 0 Å². The van der Waals surface area contributed by atoms with Crippen molar-refractivity contribution in [3.63, 3.8) is 0 Å². The normalized spacial score (nSPS) is 10.7. The van der Waals surface area contributed by atoms with E-state index >= 15 is 0 Å². The average molecular weight is 536 g/mol. The zero-order valence-corrected chi connectivity index (χ0v) is 16.5. The molecule has 1 aromatic heterocycles. The van der Waals surface area contributed by atoms with Crippen LogP contribution in [0.4, 0.5) is 5.13 Å². The molecule has 1 amide bonds. The highest BCUT2D eigenvalue weighted by Gasteiger charge is 2.13. The highest BCUT2D eigenvalue weighted by Crippen LogP contribution is 2.29. The minimum Gasteiger partial charge on any atom is -0.497 e. The van der Waals surface area contributed by atoms with E-state index in [1.807, 2.05) is 36.4 Å². The maximum atomic E-state index is 12.4. The number of thiazole rings is 1. The average Bonchev–Trinajstić information content (AvgIpc) is 2.90. The third kappa shape index (κ3) is 3.35. The number of nitrogens with zero attached hydrogens (tertiary/aromatic N) is 1. The smallest absolute Gasteiger partial charge is 0.258 e. The fraction of sp³-hybridized carbons (Fsp3) is 0.0667. The van der Waals surface area contributed by atoms with Crippen LogP contribution in [0.1, 0.15) is 10.4 Å². The van der Waals surface area contributed by atoms with Gasteiger partial charge < -0.3 is 4.74 Å². The number of benzene rings is 2. The standard InChI is InChI=1S/C15H10I2N2O2S/c1-21-9-3-5-12-13(7-9)22-15(18-12)19-14(20)10-6-8(16)2-4-11(10)17/h2-7H,1H3,(H,18,19,20). The van der Waals surface area contributed by atoms with Crippen molar-refractivity contribution >= 4 is 77.8 Å². The Morgan fingerprint density at radius 1 is 1.23 bits per heavy atom. The summed E-state index contributed by atoms with van der Waals surface area (Å²) in [5.74, 6) is 0.634. The lowest BCUT2D eigenvalue weighted by molar-refractivity contribution is 0.102. The van der Waals surface area contributed by atoms with E-state index in [0.29, 0.717) is 10.7 Å². The fourth-order valence-corrected chi connectivity index (χ4v) is 3.88. The van der Waals surface area contributed by atoms with Crippen LogP contribution in [0.3, 0.4) is 0 Å². The summed E-state index contributed by atoms with van der Waals surface area (Å²) in [6.07, 6.45) is 0. The van der Waals surface area contributed by atoms with Gasteiger partial charge in [-0.15, -0.1) is 0 Å². The van der Waals surface area contributed by atoms with Gasteiger partial charge in [-0.3, -0.25) is 10.1 Å². The molecule has 0 radical (unpaired) electrons. The molecule has 0 aliphatic carbocycles. The molecule has 3 aromatic rings. The second-order valence-corrected chi connectivity index (χ2v) is 7.87. The van der Waals surface area contributed by atoms with Crippen molar-refractivity contribution in [1.29, 1.82) is 0 Å². The molecule has 0 bridgehead atoms. The minimum atomic E-state index is -0.145. The lowest BCUT2D eigenvalue weighted by Crippen LogP contribution is -2.13. The van der Waals surface area contributed by atoms with E-state index in [9.17, 15) is 4.79 Å². The largest absolute Gasteiger partial charge is 0.497 e. The molecule has 0 aliphatic rings. The van der Waals surface area contributed by atoms with Gasteiger partial charge in [0, 0.05) is 7.14 Å². The number of methoxy groups -OCH3 is 1. The van der Waals surface area contributed by atoms with Gasteiger partial charge in [-0.25, -0.2) is 4.98 Å². The lowest BCUT2D eigenvalue weighted by Gasteiger charge is -2.04. The summed E-state index contributed by atoms with van der Waals surface area (Å²) >= 11 is 5.79. The molecule has 7 heteroatoms. The van der Waals surface area contributed by atoms with Gasteiger partial charge in [-0.1, -0.05) is 11.3 Å². The molecule has 0 aliphatic heterocycles. The van der Waals surface area contributed by atoms with Crippen molar-refractivity contribution in [2.75, 3.05) is 12.4 Å². The molecule has 22 heavy (non-hydrogen) atoms. The molecule has 0 unspecified atom stereocenters. The molecule has 1 heterocycles. The molecule has 2 aromatic carbocycles. The Labute approximate surface area is 158 Å². The Balaban J connectivity index is 1.89. The highest BCUT2D eigenvalue weighted by atomic mass is 127. The van der Waals surface area contributed by atoms with Crippen LogP contribution in [-0.2, 0) is 0 Å². The number of fused-ring (bicyclic) bond motifs is 1. The van der Waals surface area contributed by atoms with Gasteiger partial charge in [-0.2, -0.15) is 0 Å². The first-order valence-electron chi connectivity index (χ1n) is 6.28.